The van der Waals surface area contributed by atoms with Crippen LogP contribution in [0.25, 0.3) is 10.1 Å². The minimum atomic E-state index is -0.314. The molecule has 0 aliphatic heterocycles. The predicted molar refractivity (Wildman–Crippen MR) is 79.4 cm³/mol. The Balaban J connectivity index is 1.77. The van der Waals surface area contributed by atoms with Crippen molar-refractivity contribution in [3.05, 3.63) is 53.3 Å². The van der Waals surface area contributed by atoms with Crippen molar-refractivity contribution >= 4 is 33.1 Å². The topological polar surface area (TPSA) is 80.9 Å². The molecule has 0 aliphatic carbocycles. The minimum Gasteiger partial charge on any atom is -0.382 e. The maximum Gasteiger partial charge on any atom is 0.273 e. The maximum absolute atomic E-state index is 12.0. The Hall–Kier alpha value is -2.47. The molecule has 2 aromatic heterocycles. The van der Waals surface area contributed by atoms with Crippen molar-refractivity contribution < 1.29 is 4.79 Å². The summed E-state index contributed by atoms with van der Waals surface area (Å²) in [5.41, 5.74) is 6.87. The monoisotopic (exact) mass is 284 g/mol. The third-order valence-electron chi connectivity index (χ3n) is 2.94. The Labute approximate surface area is 119 Å². The molecule has 5 nitrogen and oxygen atoms in total. The lowest BCUT2D eigenvalue weighted by molar-refractivity contribution is 0.0947. The summed E-state index contributed by atoms with van der Waals surface area (Å²) in [5, 5.41) is 6.02. The summed E-state index contributed by atoms with van der Waals surface area (Å²) in [6, 6.07) is 8.10. The fraction of sp³-hybridized carbons (Fsp3) is 0.0714. The summed E-state index contributed by atoms with van der Waals surface area (Å²) in [4.78, 5) is 19.8. The highest BCUT2D eigenvalue weighted by Crippen LogP contribution is 2.25. The van der Waals surface area contributed by atoms with E-state index in [0.717, 1.165) is 10.9 Å². The highest BCUT2D eigenvalue weighted by molar-refractivity contribution is 7.17. The highest BCUT2D eigenvalue weighted by Gasteiger charge is 2.12. The fourth-order valence-corrected chi connectivity index (χ4v) is 2.92. The first-order valence-corrected chi connectivity index (χ1v) is 6.93. The van der Waals surface area contributed by atoms with E-state index < -0.39 is 0 Å². The first-order chi connectivity index (χ1) is 9.75. The number of fused-ring (bicyclic) bond motifs is 1. The van der Waals surface area contributed by atoms with Gasteiger partial charge in [0, 0.05) is 23.6 Å². The zero-order valence-electron chi connectivity index (χ0n) is 10.5. The van der Waals surface area contributed by atoms with Gasteiger partial charge in [-0.3, -0.25) is 4.79 Å². The molecule has 0 atom stereocenters. The number of nitrogens with zero attached hydrogens (tertiary/aromatic N) is 2. The second-order valence-electron chi connectivity index (χ2n) is 4.23. The van der Waals surface area contributed by atoms with Gasteiger partial charge in [-0.15, -0.1) is 11.3 Å². The van der Waals surface area contributed by atoms with Crippen molar-refractivity contribution in [3.8, 4) is 0 Å². The standard InChI is InChI=1S/C14H12N4OS/c15-13-12(16-5-6-17-13)14(19)18-7-9-8-20-11-4-2-1-3-10(9)11/h1-6,8H,7H2,(H2,15,17)(H,18,19). The van der Waals surface area contributed by atoms with Gasteiger partial charge in [0.1, 0.15) is 0 Å². The number of rotatable bonds is 3. The van der Waals surface area contributed by atoms with E-state index in [1.165, 1.54) is 17.1 Å². The molecular formula is C14H12N4OS. The molecule has 3 aromatic rings. The third-order valence-corrected chi connectivity index (χ3v) is 3.95. The van der Waals surface area contributed by atoms with Gasteiger partial charge in [-0.05, 0) is 22.4 Å². The lowest BCUT2D eigenvalue weighted by Gasteiger charge is -2.05. The van der Waals surface area contributed by atoms with E-state index in [0.29, 0.717) is 6.54 Å². The quantitative estimate of drug-likeness (QED) is 0.772. The maximum atomic E-state index is 12.0. The van der Waals surface area contributed by atoms with Crippen LogP contribution in [0.15, 0.2) is 42.0 Å². The Morgan fingerprint density at radius 2 is 2.05 bits per heavy atom. The van der Waals surface area contributed by atoms with Gasteiger partial charge in [0.2, 0.25) is 0 Å². The normalized spacial score (nSPS) is 10.6. The van der Waals surface area contributed by atoms with E-state index >= 15 is 0 Å². The van der Waals surface area contributed by atoms with Gasteiger partial charge < -0.3 is 11.1 Å². The molecule has 1 amide bonds. The number of hydrogen-bond acceptors (Lipinski definition) is 5. The number of amides is 1. The molecule has 0 unspecified atom stereocenters. The molecule has 1 aromatic carbocycles. The van der Waals surface area contributed by atoms with Crippen LogP contribution in [0.1, 0.15) is 16.1 Å². The zero-order chi connectivity index (χ0) is 13.9. The number of anilines is 1. The molecular weight excluding hydrogens is 272 g/mol. The average Bonchev–Trinajstić information content (AvgIpc) is 2.88. The minimum absolute atomic E-state index is 0.139. The lowest BCUT2D eigenvalue weighted by atomic mass is 10.2. The van der Waals surface area contributed by atoms with Crippen molar-refractivity contribution in [1.29, 1.82) is 0 Å². The molecule has 3 N–H and O–H groups in total. The SMILES string of the molecule is Nc1nccnc1C(=O)NCc1csc2ccccc12. The van der Waals surface area contributed by atoms with Crippen LogP contribution in [-0.2, 0) is 6.54 Å². The fourth-order valence-electron chi connectivity index (χ4n) is 1.95. The molecule has 0 bridgehead atoms. The second kappa shape index (κ2) is 5.26. The van der Waals surface area contributed by atoms with Crippen molar-refractivity contribution in [2.75, 3.05) is 5.73 Å². The van der Waals surface area contributed by atoms with Crippen LogP contribution in [-0.4, -0.2) is 15.9 Å². The first kappa shape index (κ1) is 12.6. The van der Waals surface area contributed by atoms with E-state index in [2.05, 4.69) is 21.4 Å². The number of thiophene rings is 1. The number of nitrogens with two attached hydrogens (primary N) is 1. The van der Waals surface area contributed by atoms with Crippen LogP contribution < -0.4 is 11.1 Å². The van der Waals surface area contributed by atoms with Gasteiger partial charge >= 0.3 is 0 Å². The molecule has 0 saturated carbocycles. The van der Waals surface area contributed by atoms with E-state index in [1.54, 1.807) is 11.3 Å². The van der Waals surface area contributed by atoms with Crippen molar-refractivity contribution in [3.63, 3.8) is 0 Å². The Kier molecular flexibility index (Phi) is 3.30. The van der Waals surface area contributed by atoms with Crippen LogP contribution in [0.3, 0.4) is 0 Å². The van der Waals surface area contributed by atoms with Gasteiger partial charge in [-0.25, -0.2) is 9.97 Å². The van der Waals surface area contributed by atoms with Crippen molar-refractivity contribution in [1.82, 2.24) is 15.3 Å². The van der Waals surface area contributed by atoms with Gasteiger partial charge in [0.15, 0.2) is 11.5 Å². The van der Waals surface area contributed by atoms with E-state index in [4.69, 9.17) is 5.73 Å². The molecule has 3 rings (SSSR count). The van der Waals surface area contributed by atoms with E-state index in [-0.39, 0.29) is 17.4 Å². The molecule has 0 aliphatic rings. The number of benzene rings is 1. The number of nitrogens with one attached hydrogen (secondary N) is 1. The highest BCUT2D eigenvalue weighted by atomic mass is 32.1. The lowest BCUT2D eigenvalue weighted by Crippen LogP contribution is -2.25. The summed E-state index contributed by atoms with van der Waals surface area (Å²) >= 11 is 1.66. The largest absolute Gasteiger partial charge is 0.382 e. The number of nitrogen functional groups attached to an aromatic ring is 1. The summed E-state index contributed by atoms with van der Waals surface area (Å²) in [6.07, 6.45) is 2.91. The summed E-state index contributed by atoms with van der Waals surface area (Å²) in [7, 11) is 0. The molecule has 6 heteroatoms. The first-order valence-electron chi connectivity index (χ1n) is 6.05. The van der Waals surface area contributed by atoms with Crippen LogP contribution in [0.5, 0.6) is 0 Å². The van der Waals surface area contributed by atoms with Gasteiger partial charge in [-0.2, -0.15) is 0 Å². The molecule has 20 heavy (non-hydrogen) atoms. The Bertz CT molecular complexity index is 768. The summed E-state index contributed by atoms with van der Waals surface area (Å²) < 4.78 is 1.20. The summed E-state index contributed by atoms with van der Waals surface area (Å²) in [6.45, 7) is 0.443. The Morgan fingerprint density at radius 3 is 2.90 bits per heavy atom. The van der Waals surface area contributed by atoms with Gasteiger partial charge in [0.05, 0.1) is 0 Å². The zero-order valence-corrected chi connectivity index (χ0v) is 11.4. The third kappa shape index (κ3) is 2.33. The summed E-state index contributed by atoms with van der Waals surface area (Å²) in [5.74, 6) is -0.175. The molecule has 0 radical (unpaired) electrons. The molecule has 100 valence electrons. The number of carbonyl (C=O) groups excluding carboxylic acids is 1. The predicted octanol–water partition coefficient (Wildman–Crippen LogP) is 2.20. The number of aromatic nitrogens is 2. The van der Waals surface area contributed by atoms with Gasteiger partial charge in [0.25, 0.3) is 5.91 Å². The molecule has 2 heterocycles. The average molecular weight is 284 g/mol. The molecule has 0 fully saturated rings. The van der Waals surface area contributed by atoms with E-state index in [1.807, 2.05) is 23.6 Å². The smallest absolute Gasteiger partial charge is 0.273 e. The number of hydrogen-bond donors (Lipinski definition) is 2. The van der Waals surface area contributed by atoms with Crippen molar-refractivity contribution in [2.45, 2.75) is 6.54 Å². The van der Waals surface area contributed by atoms with Gasteiger partial charge in [-0.1, -0.05) is 18.2 Å². The molecule has 0 saturated heterocycles. The molecule has 0 spiro atoms. The second-order valence-corrected chi connectivity index (χ2v) is 5.14. The van der Waals surface area contributed by atoms with Crippen LogP contribution in [0, 0.1) is 0 Å². The van der Waals surface area contributed by atoms with Crippen molar-refractivity contribution in [2.24, 2.45) is 0 Å². The van der Waals surface area contributed by atoms with Crippen LogP contribution in [0.4, 0.5) is 5.82 Å². The van der Waals surface area contributed by atoms with Crippen LogP contribution in [0.2, 0.25) is 0 Å². The Morgan fingerprint density at radius 1 is 1.25 bits per heavy atom. The number of carbonyl (C=O) groups is 1. The van der Waals surface area contributed by atoms with Crippen LogP contribution >= 0.6 is 11.3 Å². The van der Waals surface area contributed by atoms with E-state index in [9.17, 15) is 4.79 Å².